The van der Waals surface area contributed by atoms with Gasteiger partial charge >= 0.3 is 6.09 Å². The van der Waals surface area contributed by atoms with Crippen LogP contribution in [-0.2, 0) is 9.47 Å². The Labute approximate surface area is 165 Å². The Morgan fingerprint density at radius 3 is 2.67 bits per heavy atom. The standard InChI is InChI=1S/C19H30N4O3S/c1-8-15(25-13(2)11-27-7)23-10-9-14-16(20-12-21-17(14)23)22(6)18(24)26-19(3,4)5/h9-10,12-13,15H,8,11H2,1-7H3. The molecule has 0 bridgehead atoms. The zero-order chi connectivity index (χ0) is 20.2. The lowest BCUT2D eigenvalue weighted by atomic mass is 10.2. The van der Waals surface area contributed by atoms with Crippen molar-refractivity contribution < 1.29 is 14.3 Å². The highest BCUT2D eigenvalue weighted by Crippen LogP contribution is 2.28. The van der Waals surface area contributed by atoms with E-state index >= 15 is 0 Å². The first kappa shape index (κ1) is 21.5. The molecule has 2 unspecified atom stereocenters. The average molecular weight is 395 g/mol. The van der Waals surface area contributed by atoms with Crippen molar-refractivity contribution in [3.8, 4) is 0 Å². The summed E-state index contributed by atoms with van der Waals surface area (Å²) in [5.74, 6) is 1.44. The van der Waals surface area contributed by atoms with Crippen LogP contribution in [0.5, 0.6) is 0 Å². The number of nitrogens with zero attached hydrogens (tertiary/aromatic N) is 4. The maximum absolute atomic E-state index is 12.4. The van der Waals surface area contributed by atoms with E-state index in [1.54, 1.807) is 18.8 Å². The maximum Gasteiger partial charge on any atom is 0.415 e. The van der Waals surface area contributed by atoms with Crippen LogP contribution in [0.25, 0.3) is 11.0 Å². The van der Waals surface area contributed by atoms with E-state index in [2.05, 4.69) is 30.1 Å². The van der Waals surface area contributed by atoms with Gasteiger partial charge < -0.3 is 14.0 Å². The molecule has 0 spiro atoms. The average Bonchev–Trinajstić information content (AvgIpc) is 3.01. The van der Waals surface area contributed by atoms with Crippen molar-refractivity contribution in [1.82, 2.24) is 14.5 Å². The van der Waals surface area contributed by atoms with Gasteiger partial charge in [0.1, 0.15) is 23.8 Å². The van der Waals surface area contributed by atoms with Gasteiger partial charge in [0.25, 0.3) is 0 Å². The van der Waals surface area contributed by atoms with E-state index in [-0.39, 0.29) is 12.3 Å². The number of rotatable bonds is 7. The molecule has 0 aliphatic rings. The van der Waals surface area contributed by atoms with E-state index < -0.39 is 11.7 Å². The first-order valence-electron chi connectivity index (χ1n) is 9.10. The predicted octanol–water partition coefficient (Wildman–Crippen LogP) is 4.48. The lowest BCUT2D eigenvalue weighted by Crippen LogP contribution is -2.34. The van der Waals surface area contributed by atoms with E-state index in [4.69, 9.17) is 9.47 Å². The molecule has 0 saturated heterocycles. The second-order valence-electron chi connectivity index (χ2n) is 7.46. The number of hydrogen-bond donors (Lipinski definition) is 0. The van der Waals surface area contributed by atoms with Crippen molar-refractivity contribution in [1.29, 1.82) is 0 Å². The van der Waals surface area contributed by atoms with Crippen molar-refractivity contribution in [2.45, 2.75) is 59.0 Å². The summed E-state index contributed by atoms with van der Waals surface area (Å²) < 4.78 is 13.6. The van der Waals surface area contributed by atoms with E-state index in [0.717, 1.165) is 23.2 Å². The van der Waals surface area contributed by atoms with Crippen LogP contribution >= 0.6 is 11.8 Å². The Morgan fingerprint density at radius 1 is 1.37 bits per heavy atom. The summed E-state index contributed by atoms with van der Waals surface area (Å²) in [7, 11) is 1.65. The van der Waals surface area contributed by atoms with Crippen molar-refractivity contribution >= 4 is 34.7 Å². The Hall–Kier alpha value is -1.80. The van der Waals surface area contributed by atoms with Crippen molar-refractivity contribution in [3.05, 3.63) is 18.6 Å². The molecule has 7 nitrogen and oxygen atoms in total. The molecule has 2 aromatic rings. The Balaban J connectivity index is 2.34. The zero-order valence-corrected chi connectivity index (χ0v) is 18.0. The van der Waals surface area contributed by atoms with Gasteiger partial charge in [-0.2, -0.15) is 11.8 Å². The number of hydrogen-bond acceptors (Lipinski definition) is 6. The molecule has 0 aliphatic carbocycles. The number of fused-ring (bicyclic) bond motifs is 1. The highest BCUT2D eigenvalue weighted by Gasteiger charge is 2.24. The third kappa shape index (κ3) is 5.35. The van der Waals surface area contributed by atoms with Gasteiger partial charge in [0.15, 0.2) is 5.82 Å². The molecule has 2 atom stereocenters. The fourth-order valence-corrected chi connectivity index (χ4v) is 3.32. The van der Waals surface area contributed by atoms with Gasteiger partial charge in [0, 0.05) is 19.0 Å². The number of thioether (sulfide) groups is 1. The van der Waals surface area contributed by atoms with Gasteiger partial charge in [-0.15, -0.1) is 0 Å². The predicted molar refractivity (Wildman–Crippen MR) is 110 cm³/mol. The van der Waals surface area contributed by atoms with E-state index in [1.807, 2.05) is 37.6 Å². The van der Waals surface area contributed by atoms with Crippen molar-refractivity contribution in [2.24, 2.45) is 0 Å². The molecule has 0 aromatic carbocycles. The number of carbonyl (C=O) groups is 1. The summed E-state index contributed by atoms with van der Waals surface area (Å²) in [6.07, 6.45) is 5.83. The topological polar surface area (TPSA) is 69.5 Å². The van der Waals surface area contributed by atoms with Crippen LogP contribution in [0.15, 0.2) is 18.6 Å². The first-order valence-corrected chi connectivity index (χ1v) is 10.5. The summed E-state index contributed by atoms with van der Waals surface area (Å²) in [5, 5.41) is 0.783. The first-order chi connectivity index (χ1) is 12.7. The summed E-state index contributed by atoms with van der Waals surface area (Å²) in [5.41, 5.74) is 0.163. The van der Waals surface area contributed by atoms with Crippen LogP contribution in [-0.4, -0.2) is 51.4 Å². The molecule has 2 rings (SSSR count). The highest BCUT2D eigenvalue weighted by atomic mass is 32.2. The Kier molecular flexibility index (Phi) is 7.11. The summed E-state index contributed by atoms with van der Waals surface area (Å²) in [6.45, 7) is 9.66. The van der Waals surface area contributed by atoms with Gasteiger partial charge in [-0.25, -0.2) is 14.8 Å². The molecule has 150 valence electrons. The van der Waals surface area contributed by atoms with Crippen LogP contribution in [0.4, 0.5) is 10.6 Å². The largest absolute Gasteiger partial charge is 0.443 e. The van der Waals surface area contributed by atoms with Gasteiger partial charge in [0.2, 0.25) is 0 Å². The third-order valence-electron chi connectivity index (χ3n) is 3.92. The van der Waals surface area contributed by atoms with E-state index in [1.165, 1.54) is 11.2 Å². The summed E-state index contributed by atoms with van der Waals surface area (Å²) >= 11 is 1.76. The molecule has 0 fully saturated rings. The molecule has 2 aromatic heterocycles. The minimum absolute atomic E-state index is 0.126. The van der Waals surface area contributed by atoms with Crippen LogP contribution in [0.1, 0.15) is 47.3 Å². The lowest BCUT2D eigenvalue weighted by molar-refractivity contribution is -0.0346. The molecule has 1 amide bonds. The van der Waals surface area contributed by atoms with Crippen LogP contribution in [0.3, 0.4) is 0 Å². The fourth-order valence-electron chi connectivity index (χ4n) is 2.77. The van der Waals surface area contributed by atoms with E-state index in [0.29, 0.717) is 5.82 Å². The molecule has 2 heterocycles. The number of anilines is 1. The van der Waals surface area contributed by atoms with Gasteiger partial charge in [-0.3, -0.25) is 4.90 Å². The number of carbonyl (C=O) groups excluding carboxylic acids is 1. The SMILES string of the molecule is CCC(OC(C)CSC)n1ccc2c(N(C)C(=O)OC(C)(C)C)ncnc21. The van der Waals surface area contributed by atoms with Crippen LogP contribution < -0.4 is 4.90 Å². The molecule has 0 radical (unpaired) electrons. The number of amides is 1. The normalized spacial score (nSPS) is 14.2. The molecular weight excluding hydrogens is 364 g/mol. The minimum atomic E-state index is -0.571. The second-order valence-corrected chi connectivity index (χ2v) is 8.37. The summed E-state index contributed by atoms with van der Waals surface area (Å²) in [4.78, 5) is 22.6. The van der Waals surface area contributed by atoms with Crippen molar-refractivity contribution in [2.75, 3.05) is 24.0 Å². The molecule has 0 saturated carbocycles. The minimum Gasteiger partial charge on any atom is -0.443 e. The highest BCUT2D eigenvalue weighted by molar-refractivity contribution is 7.98. The summed E-state index contributed by atoms with van der Waals surface area (Å²) in [6, 6.07) is 1.91. The van der Waals surface area contributed by atoms with Crippen molar-refractivity contribution in [3.63, 3.8) is 0 Å². The maximum atomic E-state index is 12.4. The fraction of sp³-hybridized carbons (Fsp3) is 0.632. The van der Waals surface area contributed by atoms with E-state index in [9.17, 15) is 4.79 Å². The van der Waals surface area contributed by atoms with Crippen LogP contribution in [0.2, 0.25) is 0 Å². The zero-order valence-electron chi connectivity index (χ0n) is 17.2. The molecule has 8 heteroatoms. The number of ether oxygens (including phenoxy) is 2. The monoisotopic (exact) mass is 394 g/mol. The second kappa shape index (κ2) is 8.93. The van der Waals surface area contributed by atoms with Crippen LogP contribution in [0, 0.1) is 0 Å². The third-order valence-corrected chi connectivity index (χ3v) is 4.73. The lowest BCUT2D eigenvalue weighted by Gasteiger charge is -2.25. The Morgan fingerprint density at radius 2 is 2.07 bits per heavy atom. The quantitative estimate of drug-likeness (QED) is 0.690. The van der Waals surface area contributed by atoms with Gasteiger partial charge in [-0.1, -0.05) is 6.92 Å². The van der Waals surface area contributed by atoms with Gasteiger partial charge in [-0.05, 0) is 46.4 Å². The van der Waals surface area contributed by atoms with Gasteiger partial charge in [0.05, 0.1) is 11.5 Å². The molecule has 0 aliphatic heterocycles. The molecule has 27 heavy (non-hydrogen) atoms. The molecular formula is C19H30N4O3S. The molecule has 0 N–H and O–H groups in total. The Bertz CT molecular complexity index is 772. The smallest absolute Gasteiger partial charge is 0.415 e. The number of aromatic nitrogens is 3.